The van der Waals surface area contributed by atoms with E-state index in [9.17, 15) is 0 Å². The van der Waals surface area contributed by atoms with Crippen LogP contribution in [0.2, 0.25) is 19.6 Å². The van der Waals surface area contributed by atoms with Gasteiger partial charge in [-0.05, 0) is 23.6 Å². The molecular formula is C12H16NSSi. The van der Waals surface area contributed by atoms with E-state index >= 15 is 0 Å². The summed E-state index contributed by atoms with van der Waals surface area (Å²) >= 11 is 1.71. The van der Waals surface area contributed by atoms with Gasteiger partial charge in [0.15, 0.2) is 0 Å². The Morgan fingerprint density at radius 3 is 2.27 bits per heavy atom. The van der Waals surface area contributed by atoms with Gasteiger partial charge in [0.25, 0.3) is 0 Å². The van der Waals surface area contributed by atoms with Gasteiger partial charge < -0.3 is 0 Å². The molecule has 0 aliphatic heterocycles. The smallest absolute Gasteiger partial charge is 0.0801 e. The van der Waals surface area contributed by atoms with Crippen LogP contribution in [0.5, 0.6) is 0 Å². The Morgan fingerprint density at radius 1 is 1.07 bits per heavy atom. The van der Waals surface area contributed by atoms with Crippen LogP contribution < -0.4 is 0 Å². The molecule has 2 aromatic rings. The van der Waals surface area contributed by atoms with Gasteiger partial charge in [-0.3, -0.25) is 4.98 Å². The van der Waals surface area contributed by atoms with Gasteiger partial charge in [-0.15, -0.1) is 11.3 Å². The zero-order chi connectivity index (χ0) is 11.1. The Labute approximate surface area is 97.4 Å². The van der Waals surface area contributed by atoms with E-state index in [0.717, 1.165) is 5.69 Å². The van der Waals surface area contributed by atoms with Crippen molar-refractivity contribution in [2.24, 2.45) is 0 Å². The minimum Gasteiger partial charge on any atom is -0.255 e. The van der Waals surface area contributed by atoms with Crippen molar-refractivity contribution in [1.29, 1.82) is 0 Å². The molecule has 0 aliphatic rings. The third-order valence-corrected chi connectivity index (χ3v) is 2.33. The van der Waals surface area contributed by atoms with Gasteiger partial charge in [-0.2, -0.15) is 0 Å². The molecule has 79 valence electrons. The fraction of sp³-hybridized carbons (Fsp3) is 0.250. The summed E-state index contributed by atoms with van der Waals surface area (Å²) in [6, 6.07) is 10.1. The Kier molecular flexibility index (Phi) is 5.29. The summed E-state index contributed by atoms with van der Waals surface area (Å²) in [7, 11) is 0.120. The second kappa shape index (κ2) is 6.53. The fourth-order valence-corrected chi connectivity index (χ4v) is 1.64. The van der Waals surface area contributed by atoms with E-state index in [4.69, 9.17) is 0 Å². The summed E-state index contributed by atoms with van der Waals surface area (Å²) in [5.41, 5.74) is 1.06. The van der Waals surface area contributed by atoms with E-state index in [0.29, 0.717) is 0 Å². The molecule has 0 spiro atoms. The lowest BCUT2D eigenvalue weighted by atomic mass is 10.3. The maximum Gasteiger partial charge on any atom is 0.0801 e. The molecule has 0 aromatic carbocycles. The van der Waals surface area contributed by atoms with Gasteiger partial charge in [0.2, 0.25) is 0 Å². The van der Waals surface area contributed by atoms with Crippen LogP contribution >= 0.6 is 11.3 Å². The predicted octanol–water partition coefficient (Wildman–Crippen LogP) is 4.18. The van der Waals surface area contributed by atoms with Crippen LogP contribution in [0.15, 0.2) is 41.9 Å². The number of aromatic nitrogens is 1. The largest absolute Gasteiger partial charge is 0.255 e. The van der Waals surface area contributed by atoms with Gasteiger partial charge in [-0.25, -0.2) is 0 Å². The first kappa shape index (κ1) is 12.1. The average Bonchev–Trinajstić information content (AvgIpc) is 2.71. The maximum atomic E-state index is 4.23. The first-order valence-electron chi connectivity index (χ1n) is 4.92. The molecule has 0 saturated heterocycles. The maximum absolute atomic E-state index is 4.23. The highest BCUT2D eigenvalue weighted by Gasteiger charge is 1.95. The molecule has 0 aliphatic carbocycles. The minimum atomic E-state index is 0.120. The zero-order valence-corrected chi connectivity index (χ0v) is 11.2. The lowest BCUT2D eigenvalue weighted by Gasteiger charge is -1.92. The molecule has 15 heavy (non-hydrogen) atoms. The fourth-order valence-electron chi connectivity index (χ4n) is 0.933. The van der Waals surface area contributed by atoms with E-state index in [1.807, 2.05) is 30.5 Å². The third kappa shape index (κ3) is 4.90. The molecule has 1 radical (unpaired) electrons. The first-order chi connectivity index (χ1) is 7.20. The Morgan fingerprint density at radius 2 is 1.80 bits per heavy atom. The molecule has 0 atom stereocenters. The van der Waals surface area contributed by atoms with Crippen LogP contribution in [0.25, 0.3) is 10.6 Å². The van der Waals surface area contributed by atoms with Crippen LogP contribution in [0, 0.1) is 0 Å². The van der Waals surface area contributed by atoms with Crippen molar-refractivity contribution >= 4 is 20.1 Å². The molecular weight excluding hydrogens is 218 g/mol. The third-order valence-electron chi connectivity index (χ3n) is 1.44. The van der Waals surface area contributed by atoms with Crippen molar-refractivity contribution in [1.82, 2.24) is 4.98 Å². The van der Waals surface area contributed by atoms with Crippen molar-refractivity contribution < 1.29 is 0 Å². The van der Waals surface area contributed by atoms with Crippen molar-refractivity contribution in [2.75, 3.05) is 0 Å². The van der Waals surface area contributed by atoms with Gasteiger partial charge in [-0.1, -0.05) is 31.8 Å². The highest BCUT2D eigenvalue weighted by Crippen LogP contribution is 2.21. The topological polar surface area (TPSA) is 12.9 Å². The summed E-state index contributed by atoms with van der Waals surface area (Å²) in [5, 5.41) is 2.06. The number of nitrogens with zero attached hydrogens (tertiary/aromatic N) is 1. The lowest BCUT2D eigenvalue weighted by molar-refractivity contribution is 1.34. The van der Waals surface area contributed by atoms with Gasteiger partial charge in [0, 0.05) is 15.0 Å². The molecule has 0 bridgehead atoms. The van der Waals surface area contributed by atoms with Crippen molar-refractivity contribution in [3.05, 3.63) is 41.9 Å². The minimum absolute atomic E-state index is 0.120. The van der Waals surface area contributed by atoms with E-state index in [1.165, 1.54) is 4.88 Å². The van der Waals surface area contributed by atoms with Gasteiger partial charge >= 0.3 is 0 Å². The van der Waals surface area contributed by atoms with Crippen LogP contribution in [0.1, 0.15) is 0 Å². The lowest BCUT2D eigenvalue weighted by Crippen LogP contribution is -1.84. The highest BCUT2D eigenvalue weighted by molar-refractivity contribution is 7.13. The molecule has 2 aromatic heterocycles. The van der Waals surface area contributed by atoms with Crippen molar-refractivity contribution in [3.63, 3.8) is 0 Å². The molecule has 1 nitrogen and oxygen atoms in total. The summed E-state index contributed by atoms with van der Waals surface area (Å²) in [5.74, 6) is 0. The zero-order valence-electron chi connectivity index (χ0n) is 9.40. The Balaban J connectivity index is 0.000000245. The van der Waals surface area contributed by atoms with Crippen LogP contribution in [-0.2, 0) is 0 Å². The molecule has 3 heteroatoms. The molecule has 2 rings (SSSR count). The summed E-state index contributed by atoms with van der Waals surface area (Å²) in [6.07, 6.45) is 1.81. The quantitative estimate of drug-likeness (QED) is 0.675. The van der Waals surface area contributed by atoms with Crippen molar-refractivity contribution in [3.8, 4) is 10.6 Å². The van der Waals surface area contributed by atoms with Crippen LogP contribution in [0.3, 0.4) is 0 Å². The highest BCUT2D eigenvalue weighted by atomic mass is 32.1. The van der Waals surface area contributed by atoms with E-state index in [1.54, 1.807) is 11.3 Å². The summed E-state index contributed by atoms with van der Waals surface area (Å²) in [6.45, 7) is 6.81. The van der Waals surface area contributed by atoms with E-state index in [2.05, 4.69) is 36.1 Å². The Bertz CT molecular complexity index is 354. The number of pyridine rings is 1. The van der Waals surface area contributed by atoms with Gasteiger partial charge in [0.05, 0.1) is 10.6 Å². The standard InChI is InChI=1S/C9H7NS.C3H9Si/c1-2-6-10-8(4-1)9-5-3-7-11-9;1-4(2)3/h1-7H;1-3H3. The molecule has 2 heterocycles. The van der Waals surface area contributed by atoms with Gasteiger partial charge in [0.1, 0.15) is 0 Å². The number of hydrogen-bond donors (Lipinski definition) is 0. The van der Waals surface area contributed by atoms with Crippen LogP contribution in [-0.4, -0.2) is 13.8 Å². The average molecular weight is 234 g/mol. The summed E-state index contributed by atoms with van der Waals surface area (Å²) in [4.78, 5) is 5.46. The van der Waals surface area contributed by atoms with Crippen LogP contribution in [0.4, 0.5) is 0 Å². The molecule has 0 fully saturated rings. The second-order valence-corrected chi connectivity index (χ2v) is 7.64. The van der Waals surface area contributed by atoms with E-state index in [-0.39, 0.29) is 8.80 Å². The number of thiophene rings is 1. The second-order valence-electron chi connectivity index (χ2n) is 3.69. The first-order valence-corrected chi connectivity index (χ1v) is 8.80. The molecule has 0 unspecified atom stereocenters. The summed E-state index contributed by atoms with van der Waals surface area (Å²) < 4.78 is 0. The Hall–Kier alpha value is -0.933. The normalized spacial score (nSPS) is 9.60. The van der Waals surface area contributed by atoms with E-state index < -0.39 is 0 Å². The molecule has 0 N–H and O–H groups in total. The van der Waals surface area contributed by atoms with Crippen molar-refractivity contribution in [2.45, 2.75) is 19.6 Å². The predicted molar refractivity (Wildman–Crippen MR) is 70.9 cm³/mol. The number of hydrogen-bond acceptors (Lipinski definition) is 2. The monoisotopic (exact) mass is 234 g/mol. The molecule has 0 saturated carbocycles. The molecule has 0 amide bonds. The number of rotatable bonds is 1. The SMILES string of the molecule is C[Si](C)C.c1ccc(-c2cccs2)nc1.